The zero-order valence-corrected chi connectivity index (χ0v) is 46.3. The predicted molar refractivity (Wildman–Crippen MR) is 322 cm³/mol. The molecule has 0 bridgehead atoms. The highest BCUT2D eigenvalue weighted by Crippen LogP contribution is 2.60. The fraction of sp³-hybridized carbons (Fsp3) is 0.125. The van der Waals surface area contributed by atoms with Crippen molar-refractivity contribution in [2.75, 3.05) is 9.80 Å². The SMILES string of the molecule is Brc1ccccc1N(c1ccccc1)c1ccccc1.CC(C)(C)c1ccc2c(c1)C(=O)c1ccccc1C2=O.CC(C)(C)c1ccc2c(c1)C1(c3ccccc3C2=O)c2ccccc2N(c2ccccc2)c2ccccc21. The molecule has 78 heavy (non-hydrogen) atoms. The summed E-state index contributed by atoms with van der Waals surface area (Å²) in [6.45, 7) is 13.0. The summed E-state index contributed by atoms with van der Waals surface area (Å²) in [5.74, 6) is -0.0147. The summed E-state index contributed by atoms with van der Waals surface area (Å²) in [5, 5.41) is 0. The third kappa shape index (κ3) is 9.10. The van der Waals surface area contributed by atoms with E-state index < -0.39 is 5.41 Å². The van der Waals surface area contributed by atoms with Gasteiger partial charge in [-0.25, -0.2) is 0 Å². The van der Waals surface area contributed by atoms with Crippen molar-refractivity contribution < 1.29 is 14.4 Å². The summed E-state index contributed by atoms with van der Waals surface area (Å²) >= 11 is 3.65. The minimum atomic E-state index is -0.625. The first-order valence-electron chi connectivity index (χ1n) is 26.5. The average Bonchev–Trinajstić information content (AvgIpc) is 3.63. The molecular weight excluding hydrogens is 1020 g/mol. The lowest BCUT2D eigenvalue weighted by Crippen LogP contribution is -2.42. The summed E-state index contributed by atoms with van der Waals surface area (Å²) in [4.78, 5) is 43.6. The molecule has 1 aliphatic heterocycles. The van der Waals surface area contributed by atoms with Crippen LogP contribution in [0.2, 0.25) is 0 Å². The first-order valence-corrected chi connectivity index (χ1v) is 27.3. The third-order valence-corrected chi connectivity index (χ3v) is 15.8. The molecular formula is C72H59BrN2O3. The lowest BCUT2D eigenvalue weighted by molar-refractivity contribution is 0.0979. The first-order chi connectivity index (χ1) is 37.7. The number of hydrogen-bond donors (Lipinski definition) is 0. The Morgan fingerprint density at radius 2 is 0.744 bits per heavy atom. The highest BCUT2D eigenvalue weighted by atomic mass is 79.9. The average molecular weight is 1080 g/mol. The maximum atomic E-state index is 14.0. The normalized spacial score (nSPS) is 13.5. The van der Waals surface area contributed by atoms with Crippen molar-refractivity contribution in [2.24, 2.45) is 0 Å². The second-order valence-electron chi connectivity index (χ2n) is 22.0. The topological polar surface area (TPSA) is 57.7 Å². The lowest BCUT2D eigenvalue weighted by Gasteiger charge is -2.49. The summed E-state index contributed by atoms with van der Waals surface area (Å²) in [5.41, 5.74) is 16.5. The van der Waals surface area contributed by atoms with Crippen molar-refractivity contribution in [3.8, 4) is 0 Å². The monoisotopic (exact) mass is 1080 g/mol. The van der Waals surface area contributed by atoms with E-state index in [1.807, 2.05) is 42.5 Å². The summed E-state index contributed by atoms with van der Waals surface area (Å²) in [6.07, 6.45) is 0. The van der Waals surface area contributed by atoms with Gasteiger partial charge in [-0.2, -0.15) is 0 Å². The largest absolute Gasteiger partial charge is 0.310 e. The smallest absolute Gasteiger partial charge is 0.194 e. The molecule has 5 nitrogen and oxygen atoms in total. The van der Waals surface area contributed by atoms with Gasteiger partial charge in [0.05, 0.1) is 22.5 Å². The molecule has 0 atom stereocenters. The fourth-order valence-corrected chi connectivity index (χ4v) is 11.7. The Kier molecular flexibility index (Phi) is 13.6. The van der Waals surface area contributed by atoms with Crippen LogP contribution in [0.15, 0.2) is 253 Å². The van der Waals surface area contributed by atoms with Gasteiger partial charge in [-0.05, 0) is 133 Å². The van der Waals surface area contributed by atoms with Crippen molar-refractivity contribution in [1.29, 1.82) is 0 Å². The molecule has 13 rings (SSSR count). The lowest BCUT2D eigenvalue weighted by atomic mass is 9.57. The zero-order valence-electron chi connectivity index (χ0n) is 44.7. The van der Waals surface area contributed by atoms with Crippen molar-refractivity contribution in [2.45, 2.75) is 57.8 Å². The number of carbonyl (C=O) groups excluding carboxylic acids is 3. The van der Waals surface area contributed by atoms with Crippen LogP contribution in [0.4, 0.5) is 34.1 Å². The number of rotatable bonds is 4. The van der Waals surface area contributed by atoms with Crippen LogP contribution < -0.4 is 9.80 Å². The molecule has 0 radical (unpaired) electrons. The minimum absolute atomic E-state index is 0.0463. The van der Waals surface area contributed by atoms with Gasteiger partial charge < -0.3 is 9.80 Å². The molecule has 2 aliphatic carbocycles. The van der Waals surface area contributed by atoms with E-state index in [0.717, 1.165) is 66.4 Å². The molecule has 10 aromatic carbocycles. The van der Waals surface area contributed by atoms with Gasteiger partial charge in [-0.1, -0.05) is 217 Å². The zero-order chi connectivity index (χ0) is 54.3. The Balaban J connectivity index is 0.000000136. The van der Waals surface area contributed by atoms with Crippen LogP contribution in [0.5, 0.6) is 0 Å². The van der Waals surface area contributed by atoms with Crippen LogP contribution in [-0.2, 0) is 16.2 Å². The first kappa shape index (κ1) is 51.4. The van der Waals surface area contributed by atoms with E-state index in [9.17, 15) is 14.4 Å². The molecule has 1 spiro atoms. The molecule has 0 saturated carbocycles. The summed E-state index contributed by atoms with van der Waals surface area (Å²) in [6, 6.07) is 84.3. The number of hydrogen-bond acceptors (Lipinski definition) is 5. The molecule has 0 fully saturated rings. The second kappa shape index (κ2) is 20.7. The van der Waals surface area contributed by atoms with Crippen LogP contribution in [0.3, 0.4) is 0 Å². The number of para-hydroxylation sites is 6. The number of fused-ring (bicyclic) bond motifs is 10. The van der Waals surface area contributed by atoms with Gasteiger partial charge >= 0.3 is 0 Å². The molecule has 10 aromatic rings. The van der Waals surface area contributed by atoms with Gasteiger partial charge in [0, 0.05) is 54.9 Å². The molecule has 0 N–H and O–H groups in total. The third-order valence-electron chi connectivity index (χ3n) is 15.1. The van der Waals surface area contributed by atoms with E-state index in [1.54, 1.807) is 30.3 Å². The highest BCUT2D eigenvalue weighted by molar-refractivity contribution is 9.10. The number of ketones is 3. The van der Waals surface area contributed by atoms with Gasteiger partial charge in [0.2, 0.25) is 0 Å². The van der Waals surface area contributed by atoms with E-state index >= 15 is 0 Å². The maximum absolute atomic E-state index is 14.0. The van der Waals surface area contributed by atoms with Crippen LogP contribution >= 0.6 is 15.9 Å². The van der Waals surface area contributed by atoms with Crippen molar-refractivity contribution in [3.05, 3.63) is 320 Å². The Morgan fingerprint density at radius 3 is 1.28 bits per heavy atom. The Bertz CT molecular complexity index is 3820. The molecule has 0 unspecified atom stereocenters. The van der Waals surface area contributed by atoms with Crippen LogP contribution in [0.25, 0.3) is 0 Å². The molecule has 0 amide bonds. The summed E-state index contributed by atoms with van der Waals surface area (Å²) in [7, 11) is 0. The predicted octanol–water partition coefficient (Wildman–Crippen LogP) is 18.4. The van der Waals surface area contributed by atoms with E-state index in [1.165, 1.54) is 16.7 Å². The Hall–Kier alpha value is -8.71. The standard InChI is InChI=1S/C36H29NO.C18H14BrN.C18H16O2/c1-35(2,3)24-21-22-27-31(23-24)36(28-16-8-7-15-26(28)34(27)38)29-17-9-11-19-32(29)37(25-13-5-4-6-14-25)33-20-12-10-18-30(33)36;19-17-13-7-8-14-18(17)20(15-9-3-1-4-10-15)16-11-5-2-6-12-16;1-18(2,3)11-8-9-14-15(10-11)17(20)13-7-5-4-6-12(13)16(14)19/h4-23H,1-3H3;1-14H;4-10H,1-3H3. The Labute approximate surface area is 466 Å². The van der Waals surface area contributed by atoms with Gasteiger partial charge in [-0.15, -0.1) is 0 Å². The summed E-state index contributed by atoms with van der Waals surface area (Å²) < 4.78 is 1.08. The van der Waals surface area contributed by atoms with Gasteiger partial charge in [0.1, 0.15) is 0 Å². The second-order valence-corrected chi connectivity index (χ2v) is 22.9. The molecule has 0 saturated heterocycles. The highest BCUT2D eigenvalue weighted by Gasteiger charge is 2.52. The quantitative estimate of drug-likeness (QED) is 0.176. The van der Waals surface area contributed by atoms with E-state index in [2.05, 4.69) is 243 Å². The van der Waals surface area contributed by atoms with E-state index in [0.29, 0.717) is 22.3 Å². The molecule has 6 heteroatoms. The number of halogens is 1. The van der Waals surface area contributed by atoms with Gasteiger partial charge in [0.15, 0.2) is 17.3 Å². The molecule has 3 aliphatic rings. The number of anilines is 6. The number of benzene rings is 10. The molecule has 0 aromatic heterocycles. The van der Waals surface area contributed by atoms with Crippen molar-refractivity contribution in [1.82, 2.24) is 0 Å². The van der Waals surface area contributed by atoms with Crippen LogP contribution in [0.1, 0.15) is 123 Å². The molecule has 382 valence electrons. The van der Waals surface area contributed by atoms with Gasteiger partial charge in [-0.3, -0.25) is 14.4 Å². The fourth-order valence-electron chi connectivity index (χ4n) is 11.3. The maximum Gasteiger partial charge on any atom is 0.194 e. The Morgan fingerprint density at radius 1 is 0.359 bits per heavy atom. The van der Waals surface area contributed by atoms with Crippen molar-refractivity contribution in [3.63, 3.8) is 0 Å². The van der Waals surface area contributed by atoms with Crippen LogP contribution in [-0.4, -0.2) is 17.3 Å². The van der Waals surface area contributed by atoms with Crippen LogP contribution in [0, 0.1) is 0 Å². The molecule has 1 heterocycles. The van der Waals surface area contributed by atoms with E-state index in [4.69, 9.17) is 0 Å². The van der Waals surface area contributed by atoms with Crippen molar-refractivity contribution >= 4 is 67.4 Å². The van der Waals surface area contributed by atoms with Gasteiger partial charge in [0.25, 0.3) is 0 Å². The minimum Gasteiger partial charge on any atom is -0.310 e. The number of nitrogens with zero attached hydrogens (tertiary/aromatic N) is 2. The van der Waals surface area contributed by atoms with E-state index in [-0.39, 0.29) is 28.2 Å². The number of carbonyl (C=O) groups is 3.